The molecule has 60 valence electrons. The van der Waals surface area contributed by atoms with Crippen LogP contribution in [0.5, 0.6) is 0 Å². The molecule has 0 unspecified atom stereocenters. The van der Waals surface area contributed by atoms with Crippen molar-refractivity contribution in [3.8, 4) is 0 Å². The zero-order valence-corrected chi connectivity index (χ0v) is 7.57. The average molecular weight is 141 g/mol. The quantitative estimate of drug-likeness (QED) is 0.600. The van der Waals surface area contributed by atoms with Gasteiger partial charge in [0.25, 0.3) is 0 Å². The zero-order chi connectivity index (χ0) is 8.15. The first kappa shape index (κ1) is 9.70. The molecule has 0 aliphatic carbocycles. The van der Waals surface area contributed by atoms with E-state index in [0.717, 1.165) is 6.42 Å². The predicted molar refractivity (Wildman–Crippen MR) is 46.9 cm³/mol. The Morgan fingerprint density at radius 2 is 1.80 bits per heavy atom. The maximum absolute atomic E-state index is 5.87. The first-order valence-electron chi connectivity index (χ1n) is 3.99. The Labute approximate surface area is 64.3 Å². The molecule has 0 aromatic rings. The Morgan fingerprint density at radius 1 is 1.30 bits per heavy atom. The number of hydrogen-bond acceptors (Lipinski definition) is 1. The Balaban J connectivity index is 3.94. The summed E-state index contributed by atoms with van der Waals surface area (Å²) in [6, 6.07) is 0.287. The van der Waals surface area contributed by atoms with Gasteiger partial charge in [-0.3, -0.25) is 0 Å². The van der Waals surface area contributed by atoms with Gasteiger partial charge in [0.05, 0.1) is 0 Å². The van der Waals surface area contributed by atoms with Crippen molar-refractivity contribution >= 4 is 0 Å². The van der Waals surface area contributed by atoms with E-state index in [1.54, 1.807) is 0 Å². The fourth-order valence-corrected chi connectivity index (χ4v) is 0.898. The molecule has 1 nitrogen and oxygen atoms in total. The molecular weight excluding hydrogens is 122 g/mol. The molecule has 0 aliphatic rings. The van der Waals surface area contributed by atoms with Gasteiger partial charge in [-0.25, -0.2) is 0 Å². The summed E-state index contributed by atoms with van der Waals surface area (Å²) in [6.07, 6.45) is 2.28. The number of rotatable bonds is 3. The number of hydrogen-bond donors (Lipinski definition) is 1. The fraction of sp³-hybridized carbons (Fsp3) is 0.778. The highest BCUT2D eigenvalue weighted by Gasteiger charge is 2.03. The van der Waals surface area contributed by atoms with Crippen LogP contribution < -0.4 is 5.73 Å². The fourth-order valence-electron chi connectivity index (χ4n) is 0.898. The first-order valence-corrected chi connectivity index (χ1v) is 3.99. The summed E-state index contributed by atoms with van der Waals surface area (Å²) in [5.41, 5.74) is 8.58. The Bertz CT molecular complexity index is 121. The van der Waals surface area contributed by atoms with Gasteiger partial charge >= 0.3 is 0 Å². The van der Waals surface area contributed by atoms with E-state index in [9.17, 15) is 0 Å². The van der Waals surface area contributed by atoms with E-state index in [4.69, 9.17) is 5.73 Å². The Kier molecular flexibility index (Phi) is 4.37. The largest absolute Gasteiger partial charge is 0.324 e. The van der Waals surface area contributed by atoms with Crippen LogP contribution in [0.1, 0.15) is 40.5 Å². The summed E-state index contributed by atoms with van der Waals surface area (Å²) in [5, 5.41) is 0. The van der Waals surface area contributed by atoms with Gasteiger partial charge < -0.3 is 5.73 Å². The van der Waals surface area contributed by atoms with Gasteiger partial charge in [0.1, 0.15) is 0 Å². The van der Waals surface area contributed by atoms with Crippen LogP contribution >= 0.6 is 0 Å². The number of nitrogens with two attached hydrogens (primary N) is 1. The van der Waals surface area contributed by atoms with Crippen LogP contribution in [0, 0.1) is 0 Å². The molecule has 0 fully saturated rings. The van der Waals surface area contributed by atoms with Crippen LogP contribution in [-0.4, -0.2) is 6.04 Å². The molecule has 1 heteroatoms. The highest BCUT2D eigenvalue weighted by Crippen LogP contribution is 2.09. The molecule has 0 aromatic heterocycles. The Hall–Kier alpha value is -0.300. The maximum atomic E-state index is 5.87. The van der Waals surface area contributed by atoms with E-state index in [1.165, 1.54) is 17.6 Å². The first-order chi connectivity index (χ1) is 4.59. The van der Waals surface area contributed by atoms with Gasteiger partial charge in [-0.15, -0.1) is 0 Å². The van der Waals surface area contributed by atoms with Crippen LogP contribution in [-0.2, 0) is 0 Å². The van der Waals surface area contributed by atoms with Gasteiger partial charge in [-0.2, -0.15) is 0 Å². The third-order valence-electron chi connectivity index (χ3n) is 1.94. The summed E-state index contributed by atoms with van der Waals surface area (Å²) in [7, 11) is 0. The summed E-state index contributed by atoms with van der Waals surface area (Å²) < 4.78 is 0. The lowest BCUT2D eigenvalue weighted by molar-refractivity contribution is 0.668. The van der Waals surface area contributed by atoms with Gasteiger partial charge in [-0.1, -0.05) is 24.5 Å². The van der Waals surface area contributed by atoms with Crippen LogP contribution in [0.2, 0.25) is 0 Å². The van der Waals surface area contributed by atoms with Crippen molar-refractivity contribution in [2.24, 2.45) is 5.73 Å². The average Bonchev–Trinajstić information content (AvgIpc) is 1.87. The van der Waals surface area contributed by atoms with E-state index in [1.807, 2.05) is 0 Å². The summed E-state index contributed by atoms with van der Waals surface area (Å²) in [4.78, 5) is 0. The second-order valence-corrected chi connectivity index (χ2v) is 3.08. The molecule has 0 spiro atoms. The van der Waals surface area contributed by atoms with E-state index in [2.05, 4.69) is 27.7 Å². The SMILES string of the molecule is CCC[C@H](N)C(C)=C(C)C. The van der Waals surface area contributed by atoms with Gasteiger partial charge in [0.2, 0.25) is 0 Å². The molecular formula is C9H19N. The monoisotopic (exact) mass is 141 g/mol. The van der Waals surface area contributed by atoms with Crippen molar-refractivity contribution in [1.29, 1.82) is 0 Å². The molecule has 0 aromatic carbocycles. The second-order valence-electron chi connectivity index (χ2n) is 3.08. The van der Waals surface area contributed by atoms with Gasteiger partial charge in [-0.05, 0) is 27.2 Å². The summed E-state index contributed by atoms with van der Waals surface area (Å²) in [6.45, 7) is 8.52. The van der Waals surface area contributed by atoms with Crippen LogP contribution in [0.25, 0.3) is 0 Å². The van der Waals surface area contributed by atoms with Crippen molar-refractivity contribution in [2.75, 3.05) is 0 Å². The highest BCUT2D eigenvalue weighted by molar-refractivity contribution is 5.12. The van der Waals surface area contributed by atoms with Crippen LogP contribution in [0.3, 0.4) is 0 Å². The van der Waals surface area contributed by atoms with Gasteiger partial charge in [0.15, 0.2) is 0 Å². The topological polar surface area (TPSA) is 26.0 Å². The lowest BCUT2D eigenvalue weighted by Gasteiger charge is -2.12. The van der Waals surface area contributed by atoms with Crippen molar-refractivity contribution in [2.45, 2.75) is 46.6 Å². The van der Waals surface area contributed by atoms with Crippen molar-refractivity contribution < 1.29 is 0 Å². The minimum atomic E-state index is 0.287. The van der Waals surface area contributed by atoms with E-state index in [0.29, 0.717) is 0 Å². The van der Waals surface area contributed by atoms with E-state index >= 15 is 0 Å². The van der Waals surface area contributed by atoms with Gasteiger partial charge in [0, 0.05) is 6.04 Å². The summed E-state index contributed by atoms with van der Waals surface area (Å²) >= 11 is 0. The third kappa shape index (κ3) is 3.02. The van der Waals surface area contributed by atoms with Crippen molar-refractivity contribution in [3.05, 3.63) is 11.1 Å². The molecule has 0 heterocycles. The molecule has 0 saturated heterocycles. The smallest absolute Gasteiger partial charge is 0.0253 e. The minimum Gasteiger partial charge on any atom is -0.324 e. The standard InChI is InChI=1S/C9H19N/c1-5-6-9(10)8(4)7(2)3/h9H,5-6,10H2,1-4H3/t9-/m0/s1. The Morgan fingerprint density at radius 3 is 2.10 bits per heavy atom. The molecule has 2 N–H and O–H groups in total. The minimum absolute atomic E-state index is 0.287. The van der Waals surface area contributed by atoms with Crippen LogP contribution in [0.15, 0.2) is 11.1 Å². The lowest BCUT2D eigenvalue weighted by Crippen LogP contribution is -2.21. The molecule has 0 amide bonds. The molecule has 10 heavy (non-hydrogen) atoms. The lowest BCUT2D eigenvalue weighted by atomic mass is 10.0. The van der Waals surface area contributed by atoms with E-state index in [-0.39, 0.29) is 6.04 Å². The number of allylic oxidation sites excluding steroid dienone is 1. The second kappa shape index (κ2) is 4.51. The van der Waals surface area contributed by atoms with Crippen molar-refractivity contribution in [1.82, 2.24) is 0 Å². The molecule has 0 rings (SSSR count). The zero-order valence-electron chi connectivity index (χ0n) is 7.57. The molecule has 0 saturated carbocycles. The molecule has 0 radical (unpaired) electrons. The van der Waals surface area contributed by atoms with Crippen molar-refractivity contribution in [3.63, 3.8) is 0 Å². The normalized spacial score (nSPS) is 12.9. The third-order valence-corrected chi connectivity index (χ3v) is 1.94. The molecule has 1 atom stereocenters. The van der Waals surface area contributed by atoms with Crippen LogP contribution in [0.4, 0.5) is 0 Å². The highest BCUT2D eigenvalue weighted by atomic mass is 14.6. The maximum Gasteiger partial charge on any atom is 0.0253 e. The van der Waals surface area contributed by atoms with E-state index < -0.39 is 0 Å². The predicted octanol–water partition coefficient (Wildman–Crippen LogP) is 2.47. The molecule has 0 bridgehead atoms. The summed E-state index contributed by atoms with van der Waals surface area (Å²) in [5.74, 6) is 0. The molecule has 0 aliphatic heterocycles.